The van der Waals surface area contributed by atoms with Gasteiger partial charge in [-0.05, 0) is 91.6 Å². The second-order valence-corrected chi connectivity index (χ2v) is 13.4. The minimum atomic E-state index is -4.52. The molecule has 278 valence electrons. The van der Waals surface area contributed by atoms with Crippen LogP contribution in [0.25, 0.3) is 17.0 Å². The van der Waals surface area contributed by atoms with E-state index in [2.05, 4.69) is 15.2 Å². The third-order valence-electron chi connectivity index (χ3n) is 9.09. The molecule has 3 heterocycles. The van der Waals surface area contributed by atoms with Gasteiger partial charge in [-0.15, -0.1) is 0 Å². The third kappa shape index (κ3) is 11.0. The molecular weight excluding hydrogens is 672 g/mol. The molecular formula is C41H48F4N4O3. The number of amides is 1. The van der Waals surface area contributed by atoms with E-state index in [4.69, 9.17) is 9.47 Å². The minimum Gasteiger partial charge on any atom is -0.473 e. The summed E-state index contributed by atoms with van der Waals surface area (Å²) in [4.78, 5) is 20.2. The number of likely N-dealkylation sites (tertiary alicyclic amines) is 1. The molecule has 2 aliphatic rings. The molecule has 0 spiro atoms. The lowest BCUT2D eigenvalue weighted by atomic mass is 9.87. The van der Waals surface area contributed by atoms with E-state index >= 15 is 4.39 Å². The molecule has 2 aromatic carbocycles. The highest BCUT2D eigenvalue weighted by molar-refractivity contribution is 5.99. The normalized spacial score (nSPS) is 19.3. The van der Waals surface area contributed by atoms with E-state index in [1.54, 1.807) is 80.8 Å². The molecule has 7 nitrogen and oxygen atoms in total. The first-order valence-electron chi connectivity index (χ1n) is 18.0. The Morgan fingerprint density at radius 1 is 1.04 bits per heavy atom. The predicted octanol–water partition coefficient (Wildman–Crippen LogP) is 9.14. The van der Waals surface area contributed by atoms with Crippen LogP contribution >= 0.6 is 0 Å². The van der Waals surface area contributed by atoms with Gasteiger partial charge in [-0.2, -0.15) is 13.2 Å². The minimum absolute atomic E-state index is 0.0504. The molecule has 0 saturated carbocycles. The maximum absolute atomic E-state index is 15.8. The topological polar surface area (TPSA) is 66.9 Å². The van der Waals surface area contributed by atoms with Crippen molar-refractivity contribution in [2.75, 3.05) is 45.7 Å². The smallest absolute Gasteiger partial charge is 0.393 e. The highest BCUT2D eigenvalue weighted by atomic mass is 19.4. The monoisotopic (exact) mass is 720 g/mol. The summed E-state index contributed by atoms with van der Waals surface area (Å²) in [6.07, 6.45) is 5.12. The van der Waals surface area contributed by atoms with E-state index in [-0.39, 0.29) is 29.4 Å². The zero-order valence-corrected chi connectivity index (χ0v) is 30.1. The molecule has 1 N–H and O–H groups in total. The van der Waals surface area contributed by atoms with Crippen LogP contribution in [0.5, 0.6) is 5.88 Å². The summed E-state index contributed by atoms with van der Waals surface area (Å²) in [5.41, 5.74) is 2.39. The van der Waals surface area contributed by atoms with Crippen LogP contribution in [0.1, 0.15) is 74.1 Å². The number of hydrogen-bond donors (Lipinski definition) is 1. The Labute approximate surface area is 304 Å². The molecule has 1 amide bonds. The number of pyridine rings is 1. The summed E-state index contributed by atoms with van der Waals surface area (Å²) in [6, 6.07) is 16.9. The highest BCUT2D eigenvalue weighted by Crippen LogP contribution is 2.41. The second-order valence-electron chi connectivity index (χ2n) is 13.4. The number of anilines is 1. The molecule has 0 radical (unpaired) electrons. The van der Waals surface area contributed by atoms with Crippen molar-refractivity contribution in [2.24, 2.45) is 0 Å². The fraction of sp³-hybridized carbons (Fsp3) is 0.415. The van der Waals surface area contributed by atoms with Crippen LogP contribution in [0.4, 0.5) is 23.2 Å². The lowest BCUT2D eigenvalue weighted by Crippen LogP contribution is -2.41. The Kier molecular flexibility index (Phi) is 13.7. The van der Waals surface area contributed by atoms with Gasteiger partial charge in [0.15, 0.2) is 0 Å². The molecule has 2 saturated heterocycles. The number of allylic oxidation sites excluding steroid dienone is 2. The van der Waals surface area contributed by atoms with E-state index in [0.717, 1.165) is 38.6 Å². The van der Waals surface area contributed by atoms with Gasteiger partial charge in [0, 0.05) is 68.9 Å². The Morgan fingerprint density at radius 2 is 1.83 bits per heavy atom. The van der Waals surface area contributed by atoms with Gasteiger partial charge in [0.1, 0.15) is 18.2 Å². The SMILES string of the molecule is CC/C=C(\F)c1cc(/C(=C(\CC(F)(F)F)c2ccccc2)c2ccc(OC3CCCN(C/C=C/C(=O)N(C)C)C3)nc2)ccc1NC1CCCCO1. The van der Waals surface area contributed by atoms with Gasteiger partial charge in [0.25, 0.3) is 0 Å². The fourth-order valence-electron chi connectivity index (χ4n) is 6.53. The van der Waals surface area contributed by atoms with Crippen LogP contribution < -0.4 is 10.1 Å². The number of likely N-dealkylation sites (N-methyl/N-ethyl adjacent to an activating group) is 1. The van der Waals surface area contributed by atoms with Gasteiger partial charge >= 0.3 is 6.18 Å². The molecule has 3 aromatic rings. The predicted molar refractivity (Wildman–Crippen MR) is 198 cm³/mol. The molecule has 1 aromatic heterocycles. The van der Waals surface area contributed by atoms with Crippen LogP contribution in [0.15, 0.2) is 85.1 Å². The largest absolute Gasteiger partial charge is 0.473 e. The van der Waals surface area contributed by atoms with Crippen LogP contribution in [0, 0.1) is 0 Å². The van der Waals surface area contributed by atoms with Gasteiger partial charge in [0.2, 0.25) is 11.8 Å². The van der Waals surface area contributed by atoms with Crippen LogP contribution in [0.2, 0.25) is 0 Å². The van der Waals surface area contributed by atoms with E-state index in [1.807, 2.05) is 13.0 Å². The Hall–Kier alpha value is -4.48. The fourth-order valence-corrected chi connectivity index (χ4v) is 6.53. The summed E-state index contributed by atoms with van der Waals surface area (Å²) in [5, 5.41) is 3.31. The van der Waals surface area contributed by atoms with Crippen molar-refractivity contribution in [3.05, 3.63) is 107 Å². The first kappa shape index (κ1) is 38.7. The average molecular weight is 721 g/mol. The van der Waals surface area contributed by atoms with Crippen molar-refractivity contribution >= 4 is 28.6 Å². The van der Waals surface area contributed by atoms with Crippen LogP contribution in [-0.4, -0.2) is 79.5 Å². The summed E-state index contributed by atoms with van der Waals surface area (Å²) in [7, 11) is 3.41. The molecule has 11 heteroatoms. The summed E-state index contributed by atoms with van der Waals surface area (Å²) in [6.45, 7) is 4.56. The van der Waals surface area contributed by atoms with Crippen molar-refractivity contribution in [3.63, 3.8) is 0 Å². The van der Waals surface area contributed by atoms with Crippen molar-refractivity contribution in [1.82, 2.24) is 14.8 Å². The molecule has 2 fully saturated rings. The number of piperidine rings is 1. The van der Waals surface area contributed by atoms with Gasteiger partial charge in [0.05, 0.1) is 6.42 Å². The number of ether oxygens (including phenoxy) is 2. The molecule has 2 aliphatic heterocycles. The molecule has 2 unspecified atom stereocenters. The third-order valence-corrected chi connectivity index (χ3v) is 9.09. The molecule has 52 heavy (non-hydrogen) atoms. The van der Waals surface area contributed by atoms with E-state index in [9.17, 15) is 18.0 Å². The summed E-state index contributed by atoms with van der Waals surface area (Å²) < 4.78 is 70.9. The lowest BCUT2D eigenvalue weighted by Gasteiger charge is -2.31. The lowest BCUT2D eigenvalue weighted by molar-refractivity contribution is -0.124. The van der Waals surface area contributed by atoms with Gasteiger partial charge in [-0.3, -0.25) is 9.69 Å². The molecule has 2 atom stereocenters. The zero-order valence-electron chi connectivity index (χ0n) is 30.1. The standard InChI is InChI=1S/C41H48F4N4O3/c1-4-12-35(42)33-25-30(18-20-36(33)47-38-16-8-9-24-51-38)40(34(26-41(43,44)45)29-13-6-5-7-14-29)31-19-21-37(46-27-31)52-32-15-10-22-49(28-32)23-11-17-39(50)48(2)3/h5-7,11-14,17-21,25,27,32,38,47H,4,8-10,15-16,22-24,26,28H2,1-3H3/b17-11+,35-12-,40-34-. The summed E-state index contributed by atoms with van der Waals surface area (Å²) in [5.74, 6) is -0.189. The Balaban J connectivity index is 1.50. The number of rotatable bonds is 13. The number of carbonyl (C=O) groups excluding carboxylic acids is 1. The van der Waals surface area contributed by atoms with E-state index in [1.165, 1.54) is 17.2 Å². The molecule has 0 aliphatic carbocycles. The zero-order chi connectivity index (χ0) is 37.1. The maximum atomic E-state index is 15.8. The van der Waals surface area contributed by atoms with Crippen LogP contribution in [0.3, 0.4) is 0 Å². The van der Waals surface area contributed by atoms with Crippen molar-refractivity contribution in [3.8, 4) is 5.88 Å². The number of aromatic nitrogens is 1. The second kappa shape index (κ2) is 18.3. The highest BCUT2D eigenvalue weighted by Gasteiger charge is 2.32. The van der Waals surface area contributed by atoms with Gasteiger partial charge in [-0.1, -0.05) is 49.4 Å². The molecule has 5 rings (SSSR count). The first-order valence-corrected chi connectivity index (χ1v) is 18.0. The number of carbonyl (C=O) groups is 1. The van der Waals surface area contributed by atoms with E-state index in [0.29, 0.717) is 59.9 Å². The van der Waals surface area contributed by atoms with E-state index < -0.39 is 18.4 Å². The van der Waals surface area contributed by atoms with Crippen LogP contribution in [-0.2, 0) is 9.53 Å². The van der Waals surface area contributed by atoms with Crippen molar-refractivity contribution < 1.29 is 31.8 Å². The van der Waals surface area contributed by atoms with Gasteiger partial charge in [-0.25, -0.2) is 9.37 Å². The van der Waals surface area contributed by atoms with Crippen molar-refractivity contribution in [1.29, 1.82) is 0 Å². The number of nitrogens with one attached hydrogen (secondary N) is 1. The number of nitrogens with zero attached hydrogens (tertiary/aromatic N) is 3. The quantitative estimate of drug-likeness (QED) is 0.108. The Bertz CT molecular complexity index is 1720. The summed E-state index contributed by atoms with van der Waals surface area (Å²) >= 11 is 0. The number of benzene rings is 2. The number of hydrogen-bond acceptors (Lipinski definition) is 6. The maximum Gasteiger partial charge on any atom is 0.393 e. The number of halogens is 4. The first-order chi connectivity index (χ1) is 25.0. The van der Waals surface area contributed by atoms with Crippen molar-refractivity contribution in [2.45, 2.75) is 70.4 Å². The number of alkyl halides is 3. The Morgan fingerprint density at radius 3 is 2.50 bits per heavy atom. The molecule has 0 bridgehead atoms. The average Bonchev–Trinajstić information content (AvgIpc) is 3.13. The van der Waals surface area contributed by atoms with Gasteiger partial charge < -0.3 is 19.7 Å².